The summed E-state index contributed by atoms with van der Waals surface area (Å²) in [6, 6.07) is 19.7. The van der Waals surface area contributed by atoms with Gasteiger partial charge < -0.3 is 0 Å². The normalized spacial score (nSPS) is 11.7. The van der Waals surface area contributed by atoms with Crippen LogP contribution < -0.4 is 0 Å². The van der Waals surface area contributed by atoms with Crippen LogP contribution in [-0.2, 0) is 15.6 Å². The van der Waals surface area contributed by atoms with Crippen LogP contribution in [0.3, 0.4) is 0 Å². The van der Waals surface area contributed by atoms with Gasteiger partial charge in [-0.2, -0.15) is 0 Å². The van der Waals surface area contributed by atoms with Crippen LogP contribution in [-0.4, -0.2) is 23.0 Å². The summed E-state index contributed by atoms with van der Waals surface area (Å²) in [5.74, 6) is 0.681. The van der Waals surface area contributed by atoms with E-state index in [-0.39, 0.29) is 0 Å². The molecule has 136 valence electrons. The van der Waals surface area contributed by atoms with Gasteiger partial charge in [0.1, 0.15) is 0 Å². The molecule has 4 aromatic rings. The second kappa shape index (κ2) is 7.17. The molecule has 2 aromatic carbocycles. The number of hydrogen-bond acceptors (Lipinski definition) is 5. The second-order valence-electron chi connectivity index (χ2n) is 6.16. The summed E-state index contributed by atoms with van der Waals surface area (Å²) in [7, 11) is -3.49. The number of sulfone groups is 1. The van der Waals surface area contributed by atoms with Gasteiger partial charge in [-0.1, -0.05) is 47.7 Å². The molecule has 4 rings (SSSR count). The maximum Gasteiger partial charge on any atom is 0.206 e. The first-order chi connectivity index (χ1) is 13.0. The standard InChI is InChI=1S/C20H17N3O2S2/c1-15-5-9-17(10-6-15)27(24,25)18-11-7-16(8-12-18)14-26-20-22-21-19-4-2-3-13-23(19)20/h2-13H,14H2,1H3. The van der Waals surface area contributed by atoms with E-state index in [2.05, 4.69) is 10.2 Å². The Hall–Kier alpha value is -2.64. The zero-order valence-electron chi connectivity index (χ0n) is 14.6. The number of aryl methyl sites for hydroxylation is 1. The lowest BCUT2D eigenvalue weighted by Crippen LogP contribution is -2.02. The van der Waals surface area contributed by atoms with Gasteiger partial charge in [0.15, 0.2) is 10.8 Å². The number of benzene rings is 2. The van der Waals surface area contributed by atoms with Crippen molar-refractivity contribution in [3.05, 3.63) is 84.1 Å². The molecule has 2 heterocycles. The molecule has 2 aromatic heterocycles. The van der Waals surface area contributed by atoms with Crippen LogP contribution in [0, 0.1) is 6.92 Å². The Labute approximate surface area is 162 Å². The molecular weight excluding hydrogens is 378 g/mol. The van der Waals surface area contributed by atoms with E-state index in [4.69, 9.17) is 0 Å². The maximum atomic E-state index is 12.7. The Morgan fingerprint density at radius 3 is 2.26 bits per heavy atom. The maximum absolute atomic E-state index is 12.7. The predicted octanol–water partition coefficient (Wildman–Crippen LogP) is 4.16. The van der Waals surface area contributed by atoms with Crippen molar-refractivity contribution in [2.45, 2.75) is 27.6 Å². The highest BCUT2D eigenvalue weighted by Gasteiger charge is 2.17. The Kier molecular flexibility index (Phi) is 4.72. The Balaban J connectivity index is 1.51. The minimum absolute atomic E-state index is 0.299. The van der Waals surface area contributed by atoms with Crippen LogP contribution in [0.5, 0.6) is 0 Å². The zero-order chi connectivity index (χ0) is 18.9. The minimum atomic E-state index is -3.49. The molecule has 0 fully saturated rings. The second-order valence-corrected chi connectivity index (χ2v) is 9.05. The summed E-state index contributed by atoms with van der Waals surface area (Å²) in [6.45, 7) is 1.93. The molecule has 0 spiro atoms. The summed E-state index contributed by atoms with van der Waals surface area (Å²) < 4.78 is 27.4. The molecule has 27 heavy (non-hydrogen) atoms. The van der Waals surface area contributed by atoms with Crippen molar-refractivity contribution in [3.8, 4) is 0 Å². The third kappa shape index (κ3) is 3.61. The average molecular weight is 396 g/mol. The first-order valence-corrected chi connectivity index (χ1v) is 10.8. The molecule has 0 atom stereocenters. The third-order valence-corrected chi connectivity index (χ3v) is 7.02. The molecule has 5 nitrogen and oxygen atoms in total. The lowest BCUT2D eigenvalue weighted by atomic mass is 10.2. The molecule has 0 aliphatic rings. The van der Waals surface area contributed by atoms with Gasteiger partial charge in [-0.15, -0.1) is 10.2 Å². The molecule has 0 saturated carbocycles. The van der Waals surface area contributed by atoms with Gasteiger partial charge in [0, 0.05) is 11.9 Å². The zero-order valence-corrected chi connectivity index (χ0v) is 16.2. The average Bonchev–Trinajstić information content (AvgIpc) is 3.10. The van der Waals surface area contributed by atoms with Crippen LogP contribution in [0.15, 0.2) is 87.9 Å². The lowest BCUT2D eigenvalue weighted by Gasteiger charge is -2.06. The van der Waals surface area contributed by atoms with E-state index in [1.807, 2.05) is 47.9 Å². The summed E-state index contributed by atoms with van der Waals surface area (Å²) >= 11 is 1.56. The predicted molar refractivity (Wildman–Crippen MR) is 106 cm³/mol. The van der Waals surface area contributed by atoms with Crippen LogP contribution in [0.4, 0.5) is 0 Å². The van der Waals surface area contributed by atoms with E-state index < -0.39 is 9.84 Å². The fourth-order valence-corrected chi connectivity index (χ4v) is 4.83. The molecule has 7 heteroatoms. The van der Waals surface area contributed by atoms with Crippen LogP contribution in [0.1, 0.15) is 11.1 Å². The van der Waals surface area contributed by atoms with Gasteiger partial charge in [-0.25, -0.2) is 8.42 Å². The van der Waals surface area contributed by atoms with Gasteiger partial charge in [0.25, 0.3) is 0 Å². The largest absolute Gasteiger partial charge is 0.277 e. The molecule has 0 unspecified atom stereocenters. The van der Waals surface area contributed by atoms with Crippen molar-refractivity contribution in [1.29, 1.82) is 0 Å². The number of pyridine rings is 1. The van der Waals surface area contributed by atoms with Crippen molar-refractivity contribution >= 4 is 27.2 Å². The SMILES string of the molecule is Cc1ccc(S(=O)(=O)c2ccc(CSc3nnc4ccccn34)cc2)cc1. The molecular formula is C20H17N3O2S2. The molecule has 0 aliphatic heterocycles. The Morgan fingerprint density at radius 2 is 1.56 bits per heavy atom. The summed E-state index contributed by atoms with van der Waals surface area (Å²) in [5, 5.41) is 9.13. The van der Waals surface area contributed by atoms with Gasteiger partial charge in [0.05, 0.1) is 9.79 Å². The smallest absolute Gasteiger partial charge is 0.206 e. The minimum Gasteiger partial charge on any atom is -0.277 e. The van der Waals surface area contributed by atoms with E-state index in [9.17, 15) is 8.42 Å². The van der Waals surface area contributed by atoms with E-state index >= 15 is 0 Å². The van der Waals surface area contributed by atoms with Crippen LogP contribution in [0.2, 0.25) is 0 Å². The molecule has 0 saturated heterocycles. The summed E-state index contributed by atoms with van der Waals surface area (Å²) in [6.07, 6.45) is 1.93. The fourth-order valence-electron chi connectivity index (χ4n) is 2.68. The van der Waals surface area contributed by atoms with Crippen LogP contribution in [0.25, 0.3) is 5.65 Å². The van der Waals surface area contributed by atoms with Crippen molar-refractivity contribution in [3.63, 3.8) is 0 Å². The highest BCUT2D eigenvalue weighted by atomic mass is 32.2. The number of hydrogen-bond donors (Lipinski definition) is 0. The number of fused-ring (bicyclic) bond motifs is 1. The van der Waals surface area contributed by atoms with E-state index in [0.29, 0.717) is 15.5 Å². The molecule has 0 bridgehead atoms. The lowest BCUT2D eigenvalue weighted by molar-refractivity contribution is 0.596. The number of nitrogens with zero attached hydrogens (tertiary/aromatic N) is 3. The summed E-state index contributed by atoms with van der Waals surface area (Å²) in [5.41, 5.74) is 2.86. The van der Waals surface area contributed by atoms with Crippen molar-refractivity contribution in [2.75, 3.05) is 0 Å². The van der Waals surface area contributed by atoms with E-state index in [0.717, 1.165) is 21.9 Å². The molecule has 0 radical (unpaired) electrons. The van der Waals surface area contributed by atoms with E-state index in [1.165, 1.54) is 0 Å². The van der Waals surface area contributed by atoms with Crippen molar-refractivity contribution < 1.29 is 8.42 Å². The van der Waals surface area contributed by atoms with Crippen LogP contribution >= 0.6 is 11.8 Å². The van der Waals surface area contributed by atoms with Crippen molar-refractivity contribution in [2.24, 2.45) is 0 Å². The molecule has 0 N–H and O–H groups in total. The molecule has 0 aliphatic carbocycles. The Morgan fingerprint density at radius 1 is 0.889 bits per heavy atom. The monoisotopic (exact) mass is 395 g/mol. The van der Waals surface area contributed by atoms with E-state index in [1.54, 1.807) is 48.2 Å². The van der Waals surface area contributed by atoms with Gasteiger partial charge >= 0.3 is 0 Å². The third-order valence-electron chi connectivity index (χ3n) is 4.22. The summed E-state index contributed by atoms with van der Waals surface area (Å²) in [4.78, 5) is 0.609. The van der Waals surface area contributed by atoms with Gasteiger partial charge in [0.2, 0.25) is 9.84 Å². The highest BCUT2D eigenvalue weighted by Crippen LogP contribution is 2.25. The fraction of sp³-hybridized carbons (Fsp3) is 0.100. The topological polar surface area (TPSA) is 64.3 Å². The van der Waals surface area contributed by atoms with Gasteiger partial charge in [-0.05, 0) is 48.9 Å². The number of thioether (sulfide) groups is 1. The van der Waals surface area contributed by atoms with Gasteiger partial charge in [-0.3, -0.25) is 4.40 Å². The van der Waals surface area contributed by atoms with Crippen molar-refractivity contribution in [1.82, 2.24) is 14.6 Å². The number of aromatic nitrogens is 3. The Bertz CT molecular complexity index is 1180. The quantitative estimate of drug-likeness (QED) is 0.475. The molecule has 0 amide bonds. The number of rotatable bonds is 5. The highest BCUT2D eigenvalue weighted by molar-refractivity contribution is 7.98. The first kappa shape index (κ1) is 17.8. The first-order valence-electron chi connectivity index (χ1n) is 8.37.